The second kappa shape index (κ2) is 11.2. The summed E-state index contributed by atoms with van der Waals surface area (Å²) in [7, 11) is 1.83. The van der Waals surface area contributed by atoms with E-state index >= 15 is 0 Å². The first-order valence-electron chi connectivity index (χ1n) is 8.29. The predicted molar refractivity (Wildman–Crippen MR) is 116 cm³/mol. The summed E-state index contributed by atoms with van der Waals surface area (Å²) < 4.78 is 5.62. The standard InChI is InChI=1S/C18H29N3OS.HI/c1-15-6-4-5-7-16(15)18(8-11-22-12-9-18)14-21-17(19-2)20-10-13-23-3;/h4-7H,8-14H2,1-3H3,(H2,19,20,21);1H. The highest BCUT2D eigenvalue weighted by Crippen LogP contribution is 2.36. The van der Waals surface area contributed by atoms with Crippen LogP contribution in [0.1, 0.15) is 24.0 Å². The Hall–Kier alpha value is -0.470. The Labute approximate surface area is 167 Å². The van der Waals surface area contributed by atoms with Crippen LogP contribution in [0.25, 0.3) is 0 Å². The Morgan fingerprint density at radius 2 is 1.96 bits per heavy atom. The maximum absolute atomic E-state index is 5.62. The van der Waals surface area contributed by atoms with E-state index in [1.807, 2.05) is 18.8 Å². The molecule has 1 aliphatic heterocycles. The average molecular weight is 463 g/mol. The topological polar surface area (TPSA) is 45.7 Å². The third-order valence-electron chi connectivity index (χ3n) is 4.58. The number of nitrogens with one attached hydrogen (secondary N) is 2. The van der Waals surface area contributed by atoms with Crippen molar-refractivity contribution in [3.05, 3.63) is 35.4 Å². The molecule has 0 amide bonds. The van der Waals surface area contributed by atoms with E-state index < -0.39 is 0 Å². The molecule has 0 radical (unpaired) electrons. The maximum atomic E-state index is 5.62. The lowest BCUT2D eigenvalue weighted by Crippen LogP contribution is -2.48. The van der Waals surface area contributed by atoms with Crippen molar-refractivity contribution in [2.75, 3.05) is 45.4 Å². The summed E-state index contributed by atoms with van der Waals surface area (Å²) in [5, 5.41) is 6.92. The van der Waals surface area contributed by atoms with Gasteiger partial charge in [0.1, 0.15) is 0 Å². The van der Waals surface area contributed by atoms with Crippen LogP contribution in [-0.4, -0.2) is 51.3 Å². The lowest BCUT2D eigenvalue weighted by Gasteiger charge is -2.39. The Bertz CT molecular complexity index is 519. The molecular formula is C18H30IN3OS. The van der Waals surface area contributed by atoms with Crippen molar-refractivity contribution >= 4 is 41.7 Å². The van der Waals surface area contributed by atoms with Crippen molar-refractivity contribution < 1.29 is 4.74 Å². The van der Waals surface area contributed by atoms with Gasteiger partial charge in [-0.25, -0.2) is 0 Å². The van der Waals surface area contributed by atoms with E-state index in [1.54, 1.807) is 0 Å². The van der Waals surface area contributed by atoms with E-state index in [1.165, 1.54) is 11.1 Å². The van der Waals surface area contributed by atoms with Crippen LogP contribution in [0.4, 0.5) is 0 Å². The van der Waals surface area contributed by atoms with Gasteiger partial charge in [0.15, 0.2) is 5.96 Å². The van der Waals surface area contributed by atoms with Crippen molar-refractivity contribution in [3.8, 4) is 0 Å². The molecule has 24 heavy (non-hydrogen) atoms. The minimum Gasteiger partial charge on any atom is -0.381 e. The zero-order valence-corrected chi connectivity index (χ0v) is 18.1. The molecule has 6 heteroatoms. The monoisotopic (exact) mass is 463 g/mol. The maximum Gasteiger partial charge on any atom is 0.191 e. The number of nitrogens with zero attached hydrogens (tertiary/aromatic N) is 1. The zero-order chi connectivity index (χ0) is 16.5. The van der Waals surface area contributed by atoms with Gasteiger partial charge in [-0.15, -0.1) is 24.0 Å². The van der Waals surface area contributed by atoms with E-state index in [9.17, 15) is 0 Å². The van der Waals surface area contributed by atoms with Crippen molar-refractivity contribution in [3.63, 3.8) is 0 Å². The highest BCUT2D eigenvalue weighted by Gasteiger charge is 2.35. The lowest BCUT2D eigenvalue weighted by atomic mass is 9.72. The number of hydrogen-bond acceptors (Lipinski definition) is 3. The largest absolute Gasteiger partial charge is 0.381 e. The van der Waals surface area contributed by atoms with Gasteiger partial charge in [0.25, 0.3) is 0 Å². The number of aryl methyl sites for hydroxylation is 1. The van der Waals surface area contributed by atoms with Crippen molar-refractivity contribution in [2.24, 2.45) is 4.99 Å². The Kier molecular flexibility index (Phi) is 10.1. The third-order valence-corrected chi connectivity index (χ3v) is 5.20. The molecule has 0 spiro atoms. The summed E-state index contributed by atoms with van der Waals surface area (Å²) in [6, 6.07) is 8.73. The van der Waals surface area contributed by atoms with Crippen LogP contribution >= 0.6 is 35.7 Å². The van der Waals surface area contributed by atoms with Gasteiger partial charge >= 0.3 is 0 Å². The van der Waals surface area contributed by atoms with Crippen molar-refractivity contribution in [2.45, 2.75) is 25.2 Å². The second-order valence-electron chi connectivity index (χ2n) is 6.05. The molecule has 2 rings (SSSR count). The fourth-order valence-electron chi connectivity index (χ4n) is 3.22. The summed E-state index contributed by atoms with van der Waals surface area (Å²) in [6.45, 7) is 5.68. The van der Waals surface area contributed by atoms with E-state index in [-0.39, 0.29) is 29.4 Å². The number of guanidine groups is 1. The SMILES string of the molecule is CN=C(NCCSC)NCC1(c2ccccc2C)CCOCC1.I. The van der Waals surface area contributed by atoms with Gasteiger partial charge in [-0.05, 0) is 37.1 Å². The second-order valence-corrected chi connectivity index (χ2v) is 7.04. The number of hydrogen-bond donors (Lipinski definition) is 2. The van der Waals surface area contributed by atoms with E-state index in [2.05, 4.69) is 53.1 Å². The molecule has 1 aromatic rings. The third kappa shape index (κ3) is 5.81. The normalized spacial score (nSPS) is 17.0. The Morgan fingerprint density at radius 3 is 2.58 bits per heavy atom. The van der Waals surface area contributed by atoms with Crippen LogP contribution in [0.15, 0.2) is 29.3 Å². The molecule has 0 bridgehead atoms. The van der Waals surface area contributed by atoms with Gasteiger partial charge < -0.3 is 15.4 Å². The molecule has 1 saturated heterocycles. The molecule has 1 aromatic carbocycles. The summed E-state index contributed by atoms with van der Waals surface area (Å²) >= 11 is 1.84. The van der Waals surface area contributed by atoms with E-state index in [4.69, 9.17) is 4.74 Å². The number of ether oxygens (including phenoxy) is 1. The van der Waals surface area contributed by atoms with Gasteiger partial charge in [-0.3, -0.25) is 4.99 Å². The molecule has 1 fully saturated rings. The first-order valence-corrected chi connectivity index (χ1v) is 9.68. The number of halogens is 1. The minimum absolute atomic E-state index is 0. The van der Waals surface area contributed by atoms with Crippen LogP contribution in [0.5, 0.6) is 0 Å². The van der Waals surface area contributed by atoms with Gasteiger partial charge in [0.2, 0.25) is 0 Å². The molecule has 0 unspecified atom stereocenters. The molecule has 2 N–H and O–H groups in total. The molecule has 0 saturated carbocycles. The number of aliphatic imine (C=N–C) groups is 1. The summed E-state index contributed by atoms with van der Waals surface area (Å²) in [6.07, 6.45) is 4.21. The van der Waals surface area contributed by atoms with Crippen molar-refractivity contribution in [1.29, 1.82) is 0 Å². The number of thioether (sulfide) groups is 1. The van der Waals surface area contributed by atoms with Crippen LogP contribution in [0, 0.1) is 6.92 Å². The summed E-state index contributed by atoms with van der Waals surface area (Å²) in [5.41, 5.74) is 2.93. The molecule has 136 valence electrons. The Balaban J connectivity index is 0.00000288. The molecule has 0 aliphatic carbocycles. The lowest BCUT2D eigenvalue weighted by molar-refractivity contribution is 0.0512. The van der Waals surface area contributed by atoms with Crippen LogP contribution < -0.4 is 10.6 Å². The van der Waals surface area contributed by atoms with Crippen LogP contribution in [0.3, 0.4) is 0 Å². The predicted octanol–water partition coefficient (Wildman–Crippen LogP) is 3.19. The fourth-order valence-corrected chi connectivity index (χ4v) is 3.52. The van der Waals surface area contributed by atoms with Gasteiger partial charge in [-0.1, -0.05) is 24.3 Å². The average Bonchev–Trinajstić information content (AvgIpc) is 2.59. The minimum atomic E-state index is 0. The summed E-state index contributed by atoms with van der Waals surface area (Å²) in [4.78, 5) is 4.35. The highest BCUT2D eigenvalue weighted by atomic mass is 127. The fraction of sp³-hybridized carbons (Fsp3) is 0.611. The van der Waals surface area contributed by atoms with Crippen LogP contribution in [0.2, 0.25) is 0 Å². The highest BCUT2D eigenvalue weighted by molar-refractivity contribution is 14.0. The van der Waals surface area contributed by atoms with Crippen LogP contribution in [-0.2, 0) is 10.2 Å². The number of benzene rings is 1. The molecule has 4 nitrogen and oxygen atoms in total. The zero-order valence-electron chi connectivity index (χ0n) is 14.9. The molecule has 0 aromatic heterocycles. The van der Waals surface area contributed by atoms with Gasteiger partial charge in [0, 0.05) is 44.5 Å². The number of rotatable bonds is 6. The smallest absolute Gasteiger partial charge is 0.191 e. The Morgan fingerprint density at radius 1 is 1.25 bits per heavy atom. The van der Waals surface area contributed by atoms with Crippen molar-refractivity contribution in [1.82, 2.24) is 10.6 Å². The first kappa shape index (κ1) is 21.6. The van der Waals surface area contributed by atoms with E-state index in [0.717, 1.165) is 50.9 Å². The molecule has 0 atom stereocenters. The summed E-state index contributed by atoms with van der Waals surface area (Å²) in [5.74, 6) is 1.97. The molecule has 1 aliphatic rings. The first-order chi connectivity index (χ1) is 11.2. The van der Waals surface area contributed by atoms with Gasteiger partial charge in [0.05, 0.1) is 0 Å². The van der Waals surface area contributed by atoms with Gasteiger partial charge in [-0.2, -0.15) is 11.8 Å². The van der Waals surface area contributed by atoms with E-state index in [0.29, 0.717) is 0 Å². The molecule has 1 heterocycles. The quantitative estimate of drug-likeness (QED) is 0.295. The molecular weight excluding hydrogens is 433 g/mol.